The van der Waals surface area contributed by atoms with Gasteiger partial charge in [-0.3, -0.25) is 0 Å². The zero-order valence-corrected chi connectivity index (χ0v) is 53.3. The van der Waals surface area contributed by atoms with Crippen molar-refractivity contribution in [2.75, 3.05) is 81.6 Å². The molecule has 0 unspecified atom stereocenters. The number of hydrogen-bond donors (Lipinski definition) is 0. The van der Waals surface area contributed by atoms with Crippen molar-refractivity contribution in [1.82, 2.24) is 29.4 Å². The van der Waals surface area contributed by atoms with Crippen molar-refractivity contribution in [3.05, 3.63) is 0 Å². The molecule has 3 saturated heterocycles. The maximum absolute atomic E-state index is 6.25. The molecule has 0 bridgehead atoms. The molecule has 0 aromatic carbocycles. The Morgan fingerprint density at radius 1 is 0.317 bits per heavy atom. The van der Waals surface area contributed by atoms with E-state index in [9.17, 15) is 0 Å². The molecule has 3 aliphatic heterocycles. The van der Waals surface area contributed by atoms with Crippen molar-refractivity contribution < 1.29 is 83.6 Å². The van der Waals surface area contributed by atoms with Crippen molar-refractivity contribution >= 4 is 34.4 Å². The molecule has 0 aromatic heterocycles. The third-order valence-corrected chi connectivity index (χ3v) is 20.7. The number of guanidine groups is 3. The topological polar surface area (TPSA) is 112 Å². The summed E-state index contributed by atoms with van der Waals surface area (Å²) in [6.07, 6.45) is 0. The van der Waals surface area contributed by atoms with Crippen molar-refractivity contribution in [1.29, 1.82) is 0 Å². The van der Waals surface area contributed by atoms with Gasteiger partial charge in [0.2, 0.25) is 0 Å². The molecule has 0 spiro atoms. The van der Waals surface area contributed by atoms with E-state index in [0.29, 0.717) is 0 Å². The van der Waals surface area contributed by atoms with Gasteiger partial charge in [-0.1, -0.05) is 0 Å². The first-order valence-electron chi connectivity index (χ1n) is 20.6. The molecule has 0 atom stereocenters. The molecule has 0 saturated carbocycles. The Morgan fingerprint density at radius 2 is 0.433 bits per heavy atom. The summed E-state index contributed by atoms with van der Waals surface area (Å²) in [4.78, 5) is 13.0. The van der Waals surface area contributed by atoms with Crippen LogP contribution in [0.5, 0.6) is 0 Å². The molecule has 60 heavy (non-hydrogen) atoms. The van der Waals surface area contributed by atoms with E-state index in [-0.39, 0.29) is 33.6 Å². The van der Waals surface area contributed by atoms with Crippen LogP contribution in [0.15, 0.2) is 14.3 Å². The second kappa shape index (κ2) is 22.1. The zero-order chi connectivity index (χ0) is 47.3. The van der Waals surface area contributed by atoms with E-state index in [1.54, 1.807) is 0 Å². The van der Waals surface area contributed by atoms with Gasteiger partial charge in [0.25, 0.3) is 0 Å². The minimum absolute atomic E-state index is 0.263. The molecule has 0 radical (unpaired) electrons. The Hall–Kier alpha value is 0.925. The molecule has 3 heterocycles. The first-order chi connectivity index (χ1) is 26.4. The number of nitrogens with zero attached hydrogens (tertiary/aromatic N) is 9. The Bertz CT molecular complexity index is 1370. The quantitative estimate of drug-likeness (QED) is 0.205. The number of likely N-dealkylation sites (N-methyl/N-ethyl adjacent to an activating group) is 6. The average Bonchev–Trinajstić information content (AvgIpc) is 3.54. The van der Waals surface area contributed by atoms with E-state index < -0.39 is 16.5 Å². The monoisotopic (exact) mass is 1420 g/mol. The summed E-state index contributed by atoms with van der Waals surface area (Å²) in [5, 5.41) is 0. The second-order valence-corrected chi connectivity index (χ2v) is 40.8. The van der Waals surface area contributed by atoms with Gasteiger partial charge in [-0.05, 0) is 0 Å². The summed E-state index contributed by atoms with van der Waals surface area (Å²) in [5.41, 5.74) is -8.32. The van der Waals surface area contributed by atoms with E-state index in [1.807, 2.05) is 0 Å². The van der Waals surface area contributed by atoms with Gasteiger partial charge < -0.3 is 0 Å². The van der Waals surface area contributed by atoms with Crippen LogP contribution in [0.1, 0.15) is 125 Å². The summed E-state index contributed by atoms with van der Waals surface area (Å²) < 4.78 is 52.2. The molecule has 0 aromatic rings. The average molecular weight is 1420 g/mol. The second-order valence-electron chi connectivity index (χ2n) is 21.4. The fourth-order valence-electron chi connectivity index (χ4n) is 5.42. The van der Waals surface area contributed by atoms with E-state index in [4.69, 9.17) is 41.4 Å². The van der Waals surface area contributed by atoms with E-state index in [2.05, 4.69) is 196 Å². The van der Waals surface area contributed by atoms with Gasteiger partial charge in [-0.25, -0.2) is 0 Å². The SMILES string of the molecule is CN1CCN(C)C1=N[P](=[W])(OC(C)(C)C)OC(C)(C)C.CN1CCN(C)C1=N[P](=[W])(OC(C)(C)C)OC(C)(C)C.CN1CCN(C)C1=N[P](=[W])(OC(C)(C)C)OC(C)(C)C. The first kappa shape index (κ1) is 58.9. The maximum atomic E-state index is 6.25. The summed E-state index contributed by atoms with van der Waals surface area (Å²) in [5.74, 6) is 2.92. The van der Waals surface area contributed by atoms with Gasteiger partial charge in [-0.15, -0.1) is 0 Å². The van der Waals surface area contributed by atoms with Gasteiger partial charge in [0.05, 0.1) is 0 Å². The molecule has 21 heteroatoms. The van der Waals surface area contributed by atoms with Gasteiger partial charge >= 0.3 is 401 Å². The predicted octanol–water partition coefficient (Wildman–Crippen LogP) is 9.22. The van der Waals surface area contributed by atoms with Crippen LogP contribution in [-0.2, 0) is 83.6 Å². The normalized spacial score (nSPS) is 17.9. The number of rotatable bonds is 9. The molecular formula is C39H84N9O6P3W3. The van der Waals surface area contributed by atoms with Crippen molar-refractivity contribution in [3.63, 3.8) is 0 Å². The van der Waals surface area contributed by atoms with Gasteiger partial charge in [0.1, 0.15) is 0 Å². The molecule has 354 valence electrons. The Morgan fingerprint density at radius 3 is 0.533 bits per heavy atom. The molecule has 3 fully saturated rings. The third kappa shape index (κ3) is 23.9. The van der Waals surface area contributed by atoms with E-state index in [1.165, 1.54) is 56.4 Å². The number of hydrogen-bond acceptors (Lipinski definition) is 9. The van der Waals surface area contributed by atoms with Crippen LogP contribution in [-0.4, -0.2) is 162 Å². The summed E-state index contributed by atoms with van der Waals surface area (Å²) in [6, 6.07) is 0. The van der Waals surface area contributed by atoms with Crippen LogP contribution in [0, 0.1) is 0 Å². The Labute approximate surface area is 398 Å². The van der Waals surface area contributed by atoms with Crippen molar-refractivity contribution in [2.45, 2.75) is 158 Å². The van der Waals surface area contributed by atoms with Gasteiger partial charge in [0.15, 0.2) is 0 Å². The summed E-state index contributed by atoms with van der Waals surface area (Å²) in [6.45, 7) is 43.0. The van der Waals surface area contributed by atoms with Crippen LogP contribution in [0.3, 0.4) is 0 Å². The van der Waals surface area contributed by atoms with Crippen LogP contribution >= 0.6 is 16.5 Å². The van der Waals surface area contributed by atoms with Crippen LogP contribution in [0.2, 0.25) is 0 Å². The Balaban J connectivity index is 0.000000450. The molecule has 15 nitrogen and oxygen atoms in total. The predicted molar refractivity (Wildman–Crippen MR) is 244 cm³/mol. The molecule has 3 aliphatic rings. The molecule has 0 amide bonds. The molecule has 0 N–H and O–H groups in total. The Kier molecular flexibility index (Phi) is 21.8. The summed E-state index contributed by atoms with van der Waals surface area (Å²) in [7, 11) is 12.4. The molecule has 0 aliphatic carbocycles. The van der Waals surface area contributed by atoms with Crippen LogP contribution in [0.4, 0.5) is 0 Å². The van der Waals surface area contributed by atoms with Crippen molar-refractivity contribution in [2.24, 2.45) is 14.3 Å². The van der Waals surface area contributed by atoms with Crippen LogP contribution < -0.4 is 0 Å². The third-order valence-electron chi connectivity index (χ3n) is 7.33. The van der Waals surface area contributed by atoms with E-state index in [0.717, 1.165) is 57.1 Å². The minimum atomic E-state index is -2.25. The zero-order valence-electron chi connectivity index (χ0n) is 41.8. The standard InChI is InChI=1S/3C13H28N3O2P.3W/c3*1-12(2,3)17-19(18-13(4,5)6)14-11-15(7)9-10-16(11)8;;;/h3*9-10H2,1-8H3;;;. The van der Waals surface area contributed by atoms with Crippen molar-refractivity contribution in [3.8, 4) is 0 Å². The van der Waals surface area contributed by atoms with Gasteiger partial charge in [0, 0.05) is 0 Å². The first-order valence-corrected chi connectivity index (χ1v) is 36.9. The fourth-order valence-corrected chi connectivity index (χ4v) is 28.3. The van der Waals surface area contributed by atoms with E-state index >= 15 is 0 Å². The molecular weight excluding hydrogens is 1330 g/mol. The van der Waals surface area contributed by atoms with Gasteiger partial charge in [-0.2, -0.15) is 0 Å². The fraction of sp³-hybridized carbons (Fsp3) is 0.923. The molecule has 3 rings (SSSR count). The summed E-state index contributed by atoms with van der Waals surface area (Å²) >= 11 is 3.79. The van der Waals surface area contributed by atoms with Crippen LogP contribution in [0.25, 0.3) is 0 Å².